The molecule has 0 spiro atoms. The second-order valence-corrected chi connectivity index (χ2v) is 5.50. The Balaban J connectivity index is 1.76. The van der Waals surface area contributed by atoms with E-state index < -0.39 is 0 Å². The summed E-state index contributed by atoms with van der Waals surface area (Å²) in [5.74, 6) is 1.98. The molecule has 0 N–H and O–H groups in total. The fraction of sp³-hybridized carbons (Fsp3) is 0.714. The summed E-state index contributed by atoms with van der Waals surface area (Å²) in [6.45, 7) is 9.29. The van der Waals surface area contributed by atoms with Crippen LogP contribution in [0.3, 0.4) is 0 Å². The van der Waals surface area contributed by atoms with Gasteiger partial charge in [-0.05, 0) is 13.8 Å². The number of hydrogen-bond donors (Lipinski definition) is 0. The van der Waals surface area contributed by atoms with Gasteiger partial charge in [-0.25, -0.2) is 9.97 Å². The molecule has 2 fully saturated rings. The largest absolute Gasteiger partial charge is 0.378 e. The molecule has 3 rings (SSSR count). The van der Waals surface area contributed by atoms with Crippen molar-refractivity contribution in [1.82, 2.24) is 9.97 Å². The Morgan fingerprint density at radius 1 is 1.00 bits per heavy atom. The smallest absolute Gasteiger partial charge is 0.134 e. The van der Waals surface area contributed by atoms with E-state index in [1.54, 1.807) is 6.33 Å². The molecule has 2 atom stereocenters. The molecule has 0 amide bonds. The van der Waals surface area contributed by atoms with Crippen molar-refractivity contribution in [2.24, 2.45) is 0 Å². The van der Waals surface area contributed by atoms with Crippen molar-refractivity contribution in [3.05, 3.63) is 12.4 Å². The Kier molecular flexibility index (Phi) is 4.03. The summed E-state index contributed by atoms with van der Waals surface area (Å²) in [5.41, 5.74) is 0. The highest BCUT2D eigenvalue weighted by Crippen LogP contribution is 2.22. The monoisotopic (exact) mass is 278 g/mol. The molecular formula is C14H22N4O2. The number of nitrogens with zero attached hydrogens (tertiary/aromatic N) is 4. The summed E-state index contributed by atoms with van der Waals surface area (Å²) >= 11 is 0. The molecule has 0 aliphatic carbocycles. The van der Waals surface area contributed by atoms with Crippen LogP contribution in [-0.4, -0.2) is 61.6 Å². The summed E-state index contributed by atoms with van der Waals surface area (Å²) in [4.78, 5) is 13.4. The van der Waals surface area contributed by atoms with Gasteiger partial charge in [-0.2, -0.15) is 0 Å². The molecule has 1 aromatic rings. The summed E-state index contributed by atoms with van der Waals surface area (Å²) in [6, 6.07) is 2.08. The maximum absolute atomic E-state index is 5.77. The Labute approximate surface area is 119 Å². The molecule has 0 aromatic carbocycles. The minimum Gasteiger partial charge on any atom is -0.378 e. The van der Waals surface area contributed by atoms with E-state index in [1.165, 1.54) is 0 Å². The van der Waals surface area contributed by atoms with Gasteiger partial charge < -0.3 is 19.3 Å². The van der Waals surface area contributed by atoms with Crippen molar-refractivity contribution >= 4 is 11.6 Å². The van der Waals surface area contributed by atoms with Crippen LogP contribution in [-0.2, 0) is 9.47 Å². The molecule has 6 heteroatoms. The Morgan fingerprint density at radius 3 is 2.25 bits per heavy atom. The predicted octanol–water partition coefficient (Wildman–Crippen LogP) is 0.927. The molecule has 2 unspecified atom stereocenters. The minimum absolute atomic E-state index is 0.237. The van der Waals surface area contributed by atoms with E-state index in [4.69, 9.17) is 9.47 Å². The lowest BCUT2D eigenvalue weighted by molar-refractivity contribution is -0.00546. The van der Waals surface area contributed by atoms with Crippen LogP contribution >= 0.6 is 0 Å². The average Bonchev–Trinajstić information content (AvgIpc) is 2.47. The van der Waals surface area contributed by atoms with E-state index in [1.807, 2.05) is 0 Å². The first-order valence-corrected chi connectivity index (χ1v) is 7.27. The zero-order valence-corrected chi connectivity index (χ0v) is 12.2. The number of aromatic nitrogens is 2. The summed E-state index contributed by atoms with van der Waals surface area (Å²) < 4.78 is 11.2. The van der Waals surface area contributed by atoms with Crippen LogP contribution in [0.15, 0.2) is 12.4 Å². The molecular weight excluding hydrogens is 256 g/mol. The molecule has 0 radical (unpaired) electrons. The van der Waals surface area contributed by atoms with Crippen molar-refractivity contribution < 1.29 is 9.47 Å². The fourth-order valence-electron chi connectivity index (χ4n) is 2.84. The quantitative estimate of drug-likeness (QED) is 0.802. The van der Waals surface area contributed by atoms with Crippen molar-refractivity contribution in [2.75, 3.05) is 49.2 Å². The molecule has 3 heterocycles. The van der Waals surface area contributed by atoms with Crippen LogP contribution in [0.5, 0.6) is 0 Å². The lowest BCUT2D eigenvalue weighted by Gasteiger charge is -2.36. The maximum Gasteiger partial charge on any atom is 0.134 e. The number of anilines is 2. The van der Waals surface area contributed by atoms with Gasteiger partial charge in [0.15, 0.2) is 0 Å². The molecule has 1 aromatic heterocycles. The first-order chi connectivity index (χ1) is 9.72. The molecule has 2 aliphatic rings. The molecule has 20 heavy (non-hydrogen) atoms. The van der Waals surface area contributed by atoms with E-state index in [-0.39, 0.29) is 12.2 Å². The Bertz CT molecular complexity index is 441. The molecule has 0 saturated carbocycles. The van der Waals surface area contributed by atoms with Crippen LogP contribution in [0.2, 0.25) is 0 Å². The normalized spacial score (nSPS) is 27.7. The molecule has 2 aliphatic heterocycles. The zero-order valence-electron chi connectivity index (χ0n) is 12.2. The predicted molar refractivity (Wildman–Crippen MR) is 77.3 cm³/mol. The topological polar surface area (TPSA) is 50.7 Å². The van der Waals surface area contributed by atoms with Crippen LogP contribution in [0, 0.1) is 0 Å². The first kappa shape index (κ1) is 13.6. The van der Waals surface area contributed by atoms with Crippen molar-refractivity contribution in [1.29, 1.82) is 0 Å². The van der Waals surface area contributed by atoms with E-state index in [9.17, 15) is 0 Å². The third kappa shape index (κ3) is 3.02. The number of morpholine rings is 2. The second kappa shape index (κ2) is 5.93. The minimum atomic E-state index is 0.237. The summed E-state index contributed by atoms with van der Waals surface area (Å²) in [6.07, 6.45) is 2.13. The highest BCUT2D eigenvalue weighted by atomic mass is 16.5. The number of hydrogen-bond acceptors (Lipinski definition) is 6. The fourth-order valence-corrected chi connectivity index (χ4v) is 2.84. The molecule has 2 saturated heterocycles. The van der Waals surface area contributed by atoms with E-state index in [2.05, 4.69) is 39.7 Å². The van der Waals surface area contributed by atoms with Crippen molar-refractivity contribution in [2.45, 2.75) is 26.1 Å². The highest BCUT2D eigenvalue weighted by Gasteiger charge is 2.24. The van der Waals surface area contributed by atoms with Gasteiger partial charge in [0.05, 0.1) is 25.4 Å². The third-order valence-electron chi connectivity index (χ3n) is 3.72. The van der Waals surface area contributed by atoms with Gasteiger partial charge in [0, 0.05) is 32.2 Å². The Morgan fingerprint density at radius 2 is 1.60 bits per heavy atom. The van der Waals surface area contributed by atoms with Gasteiger partial charge in [0.25, 0.3) is 0 Å². The first-order valence-electron chi connectivity index (χ1n) is 7.27. The highest BCUT2D eigenvalue weighted by molar-refractivity contribution is 5.50. The van der Waals surface area contributed by atoms with Crippen molar-refractivity contribution in [3.8, 4) is 0 Å². The third-order valence-corrected chi connectivity index (χ3v) is 3.72. The standard InChI is InChI=1S/C14H22N4O2/c1-11-8-18(9-12(2)20-11)14-7-13(15-10-16-14)17-3-5-19-6-4-17/h7,10-12H,3-6,8-9H2,1-2H3. The molecule has 0 bridgehead atoms. The lowest BCUT2D eigenvalue weighted by atomic mass is 10.2. The number of ether oxygens (including phenoxy) is 2. The van der Waals surface area contributed by atoms with Gasteiger partial charge in [-0.15, -0.1) is 0 Å². The van der Waals surface area contributed by atoms with Gasteiger partial charge in [0.1, 0.15) is 18.0 Å². The average molecular weight is 278 g/mol. The van der Waals surface area contributed by atoms with Crippen LogP contribution in [0.1, 0.15) is 13.8 Å². The SMILES string of the molecule is CC1CN(c2cc(N3CCOCC3)ncn2)CC(C)O1. The van der Waals surface area contributed by atoms with E-state index in [0.29, 0.717) is 0 Å². The summed E-state index contributed by atoms with van der Waals surface area (Å²) in [7, 11) is 0. The Hall–Kier alpha value is -1.40. The summed E-state index contributed by atoms with van der Waals surface area (Å²) in [5, 5.41) is 0. The number of rotatable bonds is 2. The van der Waals surface area contributed by atoms with Gasteiger partial charge in [-0.1, -0.05) is 0 Å². The maximum atomic E-state index is 5.77. The van der Waals surface area contributed by atoms with Crippen molar-refractivity contribution in [3.63, 3.8) is 0 Å². The zero-order chi connectivity index (χ0) is 13.9. The lowest BCUT2D eigenvalue weighted by Crippen LogP contribution is -2.46. The van der Waals surface area contributed by atoms with E-state index in [0.717, 1.165) is 51.0 Å². The van der Waals surface area contributed by atoms with Crippen LogP contribution < -0.4 is 9.80 Å². The van der Waals surface area contributed by atoms with Crippen LogP contribution in [0.25, 0.3) is 0 Å². The van der Waals surface area contributed by atoms with E-state index >= 15 is 0 Å². The van der Waals surface area contributed by atoms with Gasteiger partial charge in [-0.3, -0.25) is 0 Å². The second-order valence-electron chi connectivity index (χ2n) is 5.50. The molecule has 6 nitrogen and oxygen atoms in total. The van der Waals surface area contributed by atoms with Crippen LogP contribution in [0.4, 0.5) is 11.6 Å². The van der Waals surface area contributed by atoms with Gasteiger partial charge >= 0.3 is 0 Å². The van der Waals surface area contributed by atoms with Gasteiger partial charge in [0.2, 0.25) is 0 Å². The molecule has 110 valence electrons.